The minimum atomic E-state index is -4.38. The van der Waals surface area contributed by atoms with Crippen molar-refractivity contribution in [3.05, 3.63) is 34.4 Å². The van der Waals surface area contributed by atoms with Gasteiger partial charge in [0.05, 0.1) is 16.4 Å². The van der Waals surface area contributed by atoms with Gasteiger partial charge in [0.15, 0.2) is 0 Å². The first kappa shape index (κ1) is 21.7. The molecule has 144 valence electrons. The molecule has 1 atom stereocenters. The Morgan fingerprint density at radius 2 is 1.77 bits per heavy atom. The molecule has 1 rings (SSSR count). The van der Waals surface area contributed by atoms with Crippen LogP contribution in [0.3, 0.4) is 0 Å². The zero-order valence-electron chi connectivity index (χ0n) is 14.5. The predicted octanol–water partition coefficient (Wildman–Crippen LogP) is 2.38. The van der Waals surface area contributed by atoms with Crippen LogP contribution in [0.1, 0.15) is 39.5 Å². The van der Waals surface area contributed by atoms with Gasteiger partial charge in [-0.25, -0.2) is 4.79 Å². The number of unbranched alkanes of at least 4 members (excludes halogenated alkanes) is 2. The highest BCUT2D eigenvalue weighted by molar-refractivity contribution is 7.86. The number of ether oxygens (including phenoxy) is 1. The quantitative estimate of drug-likeness (QED) is 0.141. The van der Waals surface area contributed by atoms with Crippen LogP contribution < -0.4 is 0 Å². The Hall–Kier alpha value is -2.33. The van der Waals surface area contributed by atoms with Gasteiger partial charge in [0.2, 0.25) is 0 Å². The van der Waals surface area contributed by atoms with Crippen LogP contribution in [0.15, 0.2) is 29.2 Å². The topological polar surface area (TPSA) is 130 Å². The number of nitrogens with zero attached hydrogens (tertiary/aromatic N) is 1. The van der Waals surface area contributed by atoms with E-state index in [-0.39, 0.29) is 23.6 Å². The van der Waals surface area contributed by atoms with Crippen molar-refractivity contribution in [1.29, 1.82) is 0 Å². The molecule has 1 aromatic rings. The van der Waals surface area contributed by atoms with E-state index in [4.69, 9.17) is 4.18 Å². The number of hydrogen-bond acceptors (Lipinski definition) is 8. The molecule has 9 nitrogen and oxygen atoms in total. The van der Waals surface area contributed by atoms with Crippen LogP contribution >= 0.6 is 0 Å². The molecule has 0 amide bonds. The van der Waals surface area contributed by atoms with Gasteiger partial charge in [0.1, 0.15) is 6.10 Å². The zero-order chi connectivity index (χ0) is 19.7. The number of benzene rings is 1. The molecule has 1 unspecified atom stereocenters. The molecule has 0 aliphatic rings. The average Bonchev–Trinajstić information content (AvgIpc) is 2.60. The third kappa shape index (κ3) is 6.19. The van der Waals surface area contributed by atoms with Crippen LogP contribution in [-0.2, 0) is 28.6 Å². The van der Waals surface area contributed by atoms with Gasteiger partial charge in [0.25, 0.3) is 21.6 Å². The molecular weight excluding hydrogens is 366 g/mol. The molecule has 0 bridgehead atoms. The highest BCUT2D eigenvalue weighted by Gasteiger charge is 2.32. The molecule has 0 aliphatic heterocycles. The molecule has 0 aliphatic carbocycles. The summed E-state index contributed by atoms with van der Waals surface area (Å²) in [6.07, 6.45) is 0.587. The van der Waals surface area contributed by atoms with E-state index in [1.54, 1.807) is 0 Å². The zero-order valence-corrected chi connectivity index (χ0v) is 15.4. The molecule has 0 saturated heterocycles. The number of carbonyl (C=O) groups is 2. The van der Waals surface area contributed by atoms with E-state index in [2.05, 4.69) is 4.74 Å². The van der Waals surface area contributed by atoms with Crippen molar-refractivity contribution in [2.45, 2.75) is 50.5 Å². The van der Waals surface area contributed by atoms with Gasteiger partial charge < -0.3 is 4.74 Å². The lowest BCUT2D eigenvalue weighted by Gasteiger charge is -2.15. The summed E-state index contributed by atoms with van der Waals surface area (Å²) in [5.74, 6) is -2.23. The monoisotopic (exact) mass is 387 g/mol. The molecular formula is C16H21NO8S. The van der Waals surface area contributed by atoms with Crippen molar-refractivity contribution < 1.29 is 31.9 Å². The van der Waals surface area contributed by atoms with Crippen LogP contribution in [0, 0.1) is 10.1 Å². The lowest BCUT2D eigenvalue weighted by Crippen LogP contribution is -2.34. The lowest BCUT2D eigenvalue weighted by molar-refractivity contribution is -0.384. The number of nitro benzene ring substituents is 1. The van der Waals surface area contributed by atoms with Crippen molar-refractivity contribution in [3.63, 3.8) is 0 Å². The Balaban J connectivity index is 3.00. The van der Waals surface area contributed by atoms with Crippen LogP contribution in [0.4, 0.5) is 5.69 Å². The Kier molecular flexibility index (Phi) is 8.33. The first-order chi connectivity index (χ1) is 12.2. The van der Waals surface area contributed by atoms with Gasteiger partial charge in [0, 0.05) is 12.1 Å². The van der Waals surface area contributed by atoms with Crippen molar-refractivity contribution >= 4 is 27.6 Å². The van der Waals surface area contributed by atoms with Crippen molar-refractivity contribution in [3.8, 4) is 0 Å². The number of esters is 1. The summed E-state index contributed by atoms with van der Waals surface area (Å²) < 4.78 is 34.3. The largest absolute Gasteiger partial charge is 0.460 e. The lowest BCUT2D eigenvalue weighted by atomic mass is 10.1. The number of non-ortho nitro benzene ring substituents is 1. The number of hydrogen-bond donors (Lipinski definition) is 0. The molecule has 0 saturated carbocycles. The van der Waals surface area contributed by atoms with Crippen LogP contribution in [0.5, 0.6) is 0 Å². The molecule has 0 N–H and O–H groups in total. The molecule has 1 aromatic carbocycles. The molecule has 26 heavy (non-hydrogen) atoms. The van der Waals surface area contributed by atoms with Crippen molar-refractivity contribution in [1.82, 2.24) is 0 Å². The Morgan fingerprint density at radius 3 is 2.27 bits per heavy atom. The van der Waals surface area contributed by atoms with E-state index in [0.717, 1.165) is 37.1 Å². The Bertz CT molecular complexity index is 742. The summed E-state index contributed by atoms with van der Waals surface area (Å²) in [5, 5.41) is 10.6. The second-order valence-corrected chi connectivity index (χ2v) is 6.94. The summed E-state index contributed by atoms with van der Waals surface area (Å²) in [6, 6.07) is 4.03. The third-order valence-electron chi connectivity index (χ3n) is 3.42. The summed E-state index contributed by atoms with van der Waals surface area (Å²) in [4.78, 5) is 33.4. The van der Waals surface area contributed by atoms with Gasteiger partial charge in [-0.05, 0) is 25.5 Å². The summed E-state index contributed by atoms with van der Waals surface area (Å²) in [7, 11) is -4.38. The first-order valence-corrected chi connectivity index (χ1v) is 9.52. The minimum Gasteiger partial charge on any atom is -0.460 e. The van der Waals surface area contributed by atoms with Gasteiger partial charge in [-0.1, -0.05) is 26.2 Å². The maximum absolute atomic E-state index is 12.3. The fourth-order valence-electron chi connectivity index (χ4n) is 2.08. The van der Waals surface area contributed by atoms with Gasteiger partial charge in [-0.15, -0.1) is 0 Å². The van der Waals surface area contributed by atoms with E-state index in [1.165, 1.54) is 6.92 Å². The standard InChI is InChI=1S/C16H21NO8S/c1-3-5-6-7-14(15(18)16(19)24-4-2)25-26(22,23)13-10-8-12(9-11-13)17(20)21/h8-11,14H,3-7H2,1-2H3. The number of nitro groups is 1. The molecule has 0 aromatic heterocycles. The van der Waals surface area contributed by atoms with Crippen LogP contribution in [0.25, 0.3) is 0 Å². The first-order valence-electron chi connectivity index (χ1n) is 8.11. The van der Waals surface area contributed by atoms with Crippen LogP contribution in [0.2, 0.25) is 0 Å². The maximum Gasteiger partial charge on any atom is 0.377 e. The van der Waals surface area contributed by atoms with Gasteiger partial charge >= 0.3 is 5.97 Å². The van der Waals surface area contributed by atoms with Gasteiger partial charge in [-0.3, -0.25) is 19.1 Å². The minimum absolute atomic E-state index is 0.0264. The summed E-state index contributed by atoms with van der Waals surface area (Å²) >= 11 is 0. The summed E-state index contributed by atoms with van der Waals surface area (Å²) in [5.41, 5.74) is -0.286. The smallest absolute Gasteiger partial charge is 0.377 e. The van der Waals surface area contributed by atoms with E-state index >= 15 is 0 Å². The SMILES string of the molecule is CCCCCC(OS(=O)(=O)c1ccc([N+](=O)[O-])cc1)C(=O)C(=O)OCC. The Morgan fingerprint density at radius 1 is 1.15 bits per heavy atom. The molecule has 0 heterocycles. The van der Waals surface area contributed by atoms with Crippen LogP contribution in [-0.4, -0.2) is 37.8 Å². The number of rotatable bonds is 11. The predicted molar refractivity (Wildman–Crippen MR) is 90.9 cm³/mol. The molecule has 0 spiro atoms. The third-order valence-corrected chi connectivity index (χ3v) is 4.75. The second kappa shape index (κ2) is 9.97. The second-order valence-electron chi connectivity index (χ2n) is 5.37. The van der Waals surface area contributed by atoms with E-state index in [0.29, 0.717) is 6.42 Å². The molecule has 0 fully saturated rings. The van der Waals surface area contributed by atoms with Gasteiger partial charge in [-0.2, -0.15) is 8.42 Å². The van der Waals surface area contributed by atoms with E-state index < -0.39 is 32.9 Å². The highest BCUT2D eigenvalue weighted by atomic mass is 32.2. The normalized spacial score (nSPS) is 12.4. The highest BCUT2D eigenvalue weighted by Crippen LogP contribution is 2.21. The fourth-order valence-corrected chi connectivity index (χ4v) is 3.15. The average molecular weight is 387 g/mol. The number of ketones is 1. The van der Waals surface area contributed by atoms with E-state index in [9.17, 15) is 28.1 Å². The van der Waals surface area contributed by atoms with E-state index in [1.807, 2.05) is 6.92 Å². The Labute approximate surface area is 151 Å². The maximum atomic E-state index is 12.3. The van der Waals surface area contributed by atoms with Crippen molar-refractivity contribution in [2.24, 2.45) is 0 Å². The van der Waals surface area contributed by atoms with Crippen molar-refractivity contribution in [2.75, 3.05) is 6.61 Å². The number of Topliss-reactive ketones (excluding diaryl/α,β-unsaturated/α-hetero) is 1. The number of carbonyl (C=O) groups excluding carboxylic acids is 2. The molecule has 10 heteroatoms. The fraction of sp³-hybridized carbons (Fsp3) is 0.500. The molecule has 0 radical (unpaired) electrons. The summed E-state index contributed by atoms with van der Waals surface area (Å²) in [6.45, 7) is 3.42.